The number of hydrogen-bond donors (Lipinski definition) is 0. The van der Waals surface area contributed by atoms with Gasteiger partial charge in [-0.15, -0.1) is 0 Å². The van der Waals surface area contributed by atoms with Crippen LogP contribution in [0.15, 0.2) is 30.6 Å². The summed E-state index contributed by atoms with van der Waals surface area (Å²) < 4.78 is 0. The Morgan fingerprint density at radius 2 is 1.35 bits per heavy atom. The van der Waals surface area contributed by atoms with Crippen LogP contribution in [-0.2, 0) is 0 Å². The molecule has 1 aromatic carbocycles. The third-order valence-electron chi connectivity index (χ3n) is 2.87. The molecule has 0 aliphatic heterocycles. The largest absolute Gasteiger partial charge is 0.256 e. The van der Waals surface area contributed by atoms with Gasteiger partial charge in [0.25, 0.3) is 0 Å². The average Bonchev–Trinajstić information content (AvgIpc) is 2.32. The van der Waals surface area contributed by atoms with Crippen LogP contribution in [0.1, 0.15) is 5.56 Å². The molecule has 0 fully saturated rings. The van der Waals surface area contributed by atoms with Gasteiger partial charge in [0.1, 0.15) is 0 Å². The fourth-order valence-electron chi connectivity index (χ4n) is 2.03. The zero-order valence-corrected chi connectivity index (χ0v) is 10.5. The normalized spacial score (nSPS) is 11.2. The molecule has 0 radical (unpaired) electrons. The highest BCUT2D eigenvalue weighted by molar-refractivity contribution is 6.38. The summed E-state index contributed by atoms with van der Waals surface area (Å²) in [4.78, 5) is 8.71. The van der Waals surface area contributed by atoms with Crippen LogP contribution in [-0.4, -0.2) is 9.97 Å². The molecule has 4 heteroatoms. The number of aryl methyl sites for hydroxylation is 1. The number of rotatable bonds is 0. The molecule has 3 rings (SSSR count). The van der Waals surface area contributed by atoms with Gasteiger partial charge in [-0.2, -0.15) is 0 Å². The smallest absolute Gasteiger partial charge is 0.0768 e. The van der Waals surface area contributed by atoms with Crippen LogP contribution < -0.4 is 0 Å². The molecule has 17 heavy (non-hydrogen) atoms. The van der Waals surface area contributed by atoms with E-state index in [9.17, 15) is 0 Å². The van der Waals surface area contributed by atoms with E-state index in [4.69, 9.17) is 23.2 Å². The summed E-state index contributed by atoms with van der Waals surface area (Å²) in [7, 11) is 0. The van der Waals surface area contributed by atoms with Gasteiger partial charge in [0.15, 0.2) is 0 Å². The van der Waals surface area contributed by atoms with Crippen LogP contribution in [0.5, 0.6) is 0 Å². The molecule has 0 unspecified atom stereocenters. The second kappa shape index (κ2) is 3.83. The molecule has 84 valence electrons. The van der Waals surface area contributed by atoms with Crippen LogP contribution in [0.4, 0.5) is 0 Å². The summed E-state index contributed by atoms with van der Waals surface area (Å²) in [5, 5.41) is 3.18. The van der Waals surface area contributed by atoms with Gasteiger partial charge in [0, 0.05) is 28.7 Å². The predicted octanol–water partition coefficient (Wildman–Crippen LogP) is 4.40. The predicted molar refractivity (Wildman–Crippen MR) is 71.8 cm³/mol. The first kappa shape index (κ1) is 10.8. The monoisotopic (exact) mass is 262 g/mol. The van der Waals surface area contributed by atoms with Crippen molar-refractivity contribution in [3.05, 3.63) is 46.2 Å². The molecule has 0 aliphatic rings. The molecule has 0 bridgehead atoms. The molecule has 0 saturated heterocycles. The Kier molecular flexibility index (Phi) is 2.42. The molecule has 0 spiro atoms. The fourth-order valence-corrected chi connectivity index (χ4v) is 2.43. The lowest BCUT2D eigenvalue weighted by Gasteiger charge is -2.08. The van der Waals surface area contributed by atoms with Crippen LogP contribution in [0.2, 0.25) is 10.0 Å². The van der Waals surface area contributed by atoms with Crippen LogP contribution in [0, 0.1) is 6.92 Å². The molecule has 0 atom stereocenters. The SMILES string of the molecule is Cc1c2nccc(Cl)c2cc2c(Cl)ccnc12. The number of pyridine rings is 2. The fraction of sp³-hybridized carbons (Fsp3) is 0.0769. The van der Waals surface area contributed by atoms with Crippen molar-refractivity contribution in [2.75, 3.05) is 0 Å². The lowest BCUT2D eigenvalue weighted by atomic mass is 10.1. The molecule has 2 nitrogen and oxygen atoms in total. The third-order valence-corrected chi connectivity index (χ3v) is 3.53. The average molecular weight is 263 g/mol. The van der Waals surface area contributed by atoms with Gasteiger partial charge in [-0.1, -0.05) is 23.2 Å². The summed E-state index contributed by atoms with van der Waals surface area (Å²) in [6.45, 7) is 1.98. The molecule has 2 heterocycles. The maximum atomic E-state index is 6.18. The van der Waals surface area contributed by atoms with E-state index in [0.717, 1.165) is 27.4 Å². The highest BCUT2D eigenvalue weighted by atomic mass is 35.5. The minimum Gasteiger partial charge on any atom is -0.256 e. The number of nitrogens with zero attached hydrogens (tertiary/aromatic N) is 2. The second-order valence-corrected chi connectivity index (χ2v) is 4.69. The van der Waals surface area contributed by atoms with Gasteiger partial charge < -0.3 is 0 Å². The van der Waals surface area contributed by atoms with E-state index in [-0.39, 0.29) is 0 Å². The van der Waals surface area contributed by atoms with Gasteiger partial charge in [0.2, 0.25) is 0 Å². The zero-order chi connectivity index (χ0) is 12.0. The second-order valence-electron chi connectivity index (χ2n) is 3.88. The van der Waals surface area contributed by atoms with E-state index < -0.39 is 0 Å². The van der Waals surface area contributed by atoms with E-state index in [1.165, 1.54) is 0 Å². The first-order valence-electron chi connectivity index (χ1n) is 5.16. The van der Waals surface area contributed by atoms with Crippen molar-refractivity contribution in [3.63, 3.8) is 0 Å². The summed E-state index contributed by atoms with van der Waals surface area (Å²) in [5.74, 6) is 0. The summed E-state index contributed by atoms with van der Waals surface area (Å²) >= 11 is 12.4. The highest BCUT2D eigenvalue weighted by Gasteiger charge is 2.10. The summed E-state index contributed by atoms with van der Waals surface area (Å²) in [5.41, 5.74) is 2.75. The van der Waals surface area contributed by atoms with Crippen molar-refractivity contribution in [2.24, 2.45) is 0 Å². The Labute approximate surface area is 108 Å². The third kappa shape index (κ3) is 1.56. The Morgan fingerprint density at radius 1 is 0.882 bits per heavy atom. The maximum absolute atomic E-state index is 6.18. The van der Waals surface area contributed by atoms with Crippen molar-refractivity contribution in [1.29, 1.82) is 0 Å². The number of halogens is 2. The Balaban J connectivity index is 2.62. The zero-order valence-electron chi connectivity index (χ0n) is 9.04. The van der Waals surface area contributed by atoms with E-state index in [1.54, 1.807) is 24.5 Å². The number of hydrogen-bond acceptors (Lipinski definition) is 2. The van der Waals surface area contributed by atoms with Gasteiger partial charge in [-0.25, -0.2) is 0 Å². The topological polar surface area (TPSA) is 25.8 Å². The van der Waals surface area contributed by atoms with E-state index in [0.29, 0.717) is 10.0 Å². The van der Waals surface area contributed by atoms with Gasteiger partial charge >= 0.3 is 0 Å². The minimum atomic E-state index is 0.680. The standard InChI is InChI=1S/C13H8Cl2N2/c1-7-12-8(10(14)2-4-16-12)6-9-11(15)3-5-17-13(7)9/h2-6H,1H3. The lowest BCUT2D eigenvalue weighted by Crippen LogP contribution is -1.89. The van der Waals surface area contributed by atoms with Crippen molar-refractivity contribution in [2.45, 2.75) is 6.92 Å². The molecule has 0 N–H and O–H groups in total. The van der Waals surface area contributed by atoms with Crippen LogP contribution >= 0.6 is 23.2 Å². The van der Waals surface area contributed by atoms with Crippen LogP contribution in [0.3, 0.4) is 0 Å². The number of aromatic nitrogens is 2. The Morgan fingerprint density at radius 3 is 1.82 bits per heavy atom. The summed E-state index contributed by atoms with van der Waals surface area (Å²) in [6.07, 6.45) is 3.40. The van der Waals surface area contributed by atoms with Crippen molar-refractivity contribution >= 4 is 45.0 Å². The van der Waals surface area contributed by atoms with Gasteiger partial charge in [0.05, 0.1) is 21.1 Å². The number of fused-ring (bicyclic) bond motifs is 2. The molecule has 0 amide bonds. The first-order chi connectivity index (χ1) is 8.18. The van der Waals surface area contributed by atoms with E-state index >= 15 is 0 Å². The van der Waals surface area contributed by atoms with Gasteiger partial charge in [-0.3, -0.25) is 9.97 Å². The van der Waals surface area contributed by atoms with Gasteiger partial charge in [-0.05, 0) is 25.1 Å². The first-order valence-corrected chi connectivity index (χ1v) is 5.92. The van der Waals surface area contributed by atoms with Crippen molar-refractivity contribution in [3.8, 4) is 0 Å². The van der Waals surface area contributed by atoms with Crippen LogP contribution in [0.25, 0.3) is 21.8 Å². The Bertz CT molecular complexity index is 678. The number of benzene rings is 1. The van der Waals surface area contributed by atoms with Crippen molar-refractivity contribution < 1.29 is 0 Å². The van der Waals surface area contributed by atoms with E-state index in [1.807, 2.05) is 13.0 Å². The highest BCUT2D eigenvalue weighted by Crippen LogP contribution is 2.32. The molecule has 0 aliphatic carbocycles. The lowest BCUT2D eigenvalue weighted by molar-refractivity contribution is 1.34. The maximum Gasteiger partial charge on any atom is 0.0768 e. The van der Waals surface area contributed by atoms with E-state index in [2.05, 4.69) is 9.97 Å². The molecular formula is C13H8Cl2N2. The summed E-state index contributed by atoms with van der Waals surface area (Å²) in [6, 6.07) is 5.50. The molecule has 3 aromatic rings. The minimum absolute atomic E-state index is 0.680. The Hall–Kier alpha value is -1.38. The molecule has 0 saturated carbocycles. The van der Waals surface area contributed by atoms with Crippen molar-refractivity contribution in [1.82, 2.24) is 9.97 Å². The quantitative estimate of drug-likeness (QED) is 0.562. The molecular weight excluding hydrogens is 255 g/mol. The molecule has 2 aromatic heterocycles.